The van der Waals surface area contributed by atoms with E-state index in [2.05, 4.69) is 10.2 Å². The van der Waals surface area contributed by atoms with Crippen LogP contribution in [0.3, 0.4) is 0 Å². The number of urea groups is 1. The van der Waals surface area contributed by atoms with Crippen LogP contribution in [0.15, 0.2) is 30.3 Å². The maximum absolute atomic E-state index is 13.4. The highest BCUT2D eigenvalue weighted by molar-refractivity contribution is 5.81. The third kappa shape index (κ3) is 3.21. The lowest BCUT2D eigenvalue weighted by Gasteiger charge is -2.59. The molecule has 2 unspecified atom stereocenters. The van der Waals surface area contributed by atoms with Crippen molar-refractivity contribution in [2.24, 2.45) is 28.9 Å². The number of para-hydroxylation sites is 1. The number of ether oxygens (including phenoxy) is 1. The molecule has 31 heavy (non-hydrogen) atoms. The van der Waals surface area contributed by atoms with Crippen molar-refractivity contribution in [3.05, 3.63) is 30.3 Å². The van der Waals surface area contributed by atoms with Gasteiger partial charge < -0.3 is 20.7 Å². The molecule has 6 nitrogen and oxygen atoms in total. The van der Waals surface area contributed by atoms with E-state index in [1.807, 2.05) is 30.3 Å². The quantitative estimate of drug-likeness (QED) is 0.778. The fourth-order valence-corrected chi connectivity index (χ4v) is 8.03. The number of piperidine rings is 1. The molecule has 7 rings (SSSR count). The predicted molar refractivity (Wildman–Crippen MR) is 116 cm³/mol. The summed E-state index contributed by atoms with van der Waals surface area (Å²) >= 11 is 0. The van der Waals surface area contributed by atoms with E-state index in [1.54, 1.807) is 0 Å². The molecule has 1 aromatic carbocycles. The Labute approximate surface area is 183 Å². The number of rotatable bonds is 4. The summed E-state index contributed by atoms with van der Waals surface area (Å²) in [5.74, 6) is 2.22. The number of nitrogens with zero attached hydrogens (tertiary/aromatic N) is 1. The monoisotopic (exact) mass is 423 g/mol. The molecule has 0 aromatic heterocycles. The van der Waals surface area contributed by atoms with E-state index >= 15 is 0 Å². The molecule has 2 saturated heterocycles. The Morgan fingerprint density at radius 3 is 2.23 bits per heavy atom. The van der Waals surface area contributed by atoms with Crippen LogP contribution in [0.2, 0.25) is 0 Å². The summed E-state index contributed by atoms with van der Waals surface area (Å²) in [5, 5.41) is 3.45. The van der Waals surface area contributed by atoms with Gasteiger partial charge in [-0.25, -0.2) is 4.79 Å². The molecule has 2 heterocycles. The third-order valence-corrected chi connectivity index (χ3v) is 9.06. The molecule has 3 N–H and O–H groups in total. The van der Waals surface area contributed by atoms with E-state index in [1.165, 1.54) is 0 Å². The number of nitrogens with one attached hydrogen (secondary N) is 1. The minimum Gasteiger partial charge on any atom is -0.490 e. The number of carbonyl (C=O) groups is 2. The number of nitrogens with two attached hydrogens (primary N) is 1. The van der Waals surface area contributed by atoms with Gasteiger partial charge in [0.15, 0.2) is 0 Å². The summed E-state index contributed by atoms with van der Waals surface area (Å²) in [4.78, 5) is 27.7. The first-order valence-electron chi connectivity index (χ1n) is 12.1. The van der Waals surface area contributed by atoms with E-state index in [4.69, 9.17) is 10.5 Å². The van der Waals surface area contributed by atoms with Crippen molar-refractivity contribution in [2.75, 3.05) is 0 Å². The van der Waals surface area contributed by atoms with Gasteiger partial charge in [-0.2, -0.15) is 0 Å². The summed E-state index contributed by atoms with van der Waals surface area (Å²) in [6.07, 6.45) is 9.09. The van der Waals surface area contributed by atoms with Crippen molar-refractivity contribution >= 4 is 11.9 Å². The van der Waals surface area contributed by atoms with E-state index in [-0.39, 0.29) is 41.6 Å². The maximum Gasteiger partial charge on any atom is 0.318 e. The van der Waals surface area contributed by atoms with Gasteiger partial charge in [-0.3, -0.25) is 4.79 Å². The Bertz CT molecular complexity index is 844. The van der Waals surface area contributed by atoms with Crippen molar-refractivity contribution in [2.45, 2.75) is 82.0 Å². The zero-order valence-corrected chi connectivity index (χ0v) is 18.0. The summed E-state index contributed by atoms with van der Waals surface area (Å²) in [6, 6.07) is 10.9. The van der Waals surface area contributed by atoms with Crippen molar-refractivity contribution in [3.8, 4) is 5.75 Å². The van der Waals surface area contributed by atoms with Crippen molar-refractivity contribution in [1.29, 1.82) is 0 Å². The molecule has 2 aliphatic heterocycles. The molecule has 6 heteroatoms. The summed E-state index contributed by atoms with van der Waals surface area (Å²) in [7, 11) is 0. The molecule has 3 amide bonds. The van der Waals surface area contributed by atoms with Gasteiger partial charge in [0.25, 0.3) is 0 Å². The Morgan fingerprint density at radius 2 is 1.61 bits per heavy atom. The van der Waals surface area contributed by atoms with Gasteiger partial charge in [-0.15, -0.1) is 0 Å². The first-order valence-corrected chi connectivity index (χ1v) is 12.1. The number of amides is 3. The topological polar surface area (TPSA) is 84.7 Å². The van der Waals surface area contributed by atoms with Crippen LogP contribution in [0.4, 0.5) is 4.79 Å². The van der Waals surface area contributed by atoms with Gasteiger partial charge in [0.2, 0.25) is 5.91 Å². The van der Waals surface area contributed by atoms with Gasteiger partial charge >= 0.3 is 6.03 Å². The summed E-state index contributed by atoms with van der Waals surface area (Å²) in [6.45, 7) is 0. The van der Waals surface area contributed by atoms with Crippen LogP contribution in [0, 0.1) is 23.2 Å². The lowest BCUT2D eigenvalue weighted by Crippen LogP contribution is -2.64. The molecule has 4 aliphatic carbocycles. The molecular formula is C25H33N3O3. The molecule has 6 fully saturated rings. The average Bonchev–Trinajstić information content (AvgIpc) is 3.01. The van der Waals surface area contributed by atoms with E-state index in [0.717, 1.165) is 63.5 Å². The molecule has 6 bridgehead atoms. The predicted octanol–water partition coefficient (Wildman–Crippen LogP) is 3.45. The maximum atomic E-state index is 13.4. The zero-order chi connectivity index (χ0) is 21.2. The lowest BCUT2D eigenvalue weighted by atomic mass is 9.47. The fraction of sp³-hybridized carbons (Fsp3) is 0.680. The molecule has 5 atom stereocenters. The van der Waals surface area contributed by atoms with Crippen LogP contribution in [-0.2, 0) is 4.79 Å². The SMILES string of the molecule is NC(=O)[C@]12CC3CC(C1)[C@@H](NC(=O)N1[C@@H]4CC[C@H]1C[C@@H](Oc1ccccc1)C4)C(C3)C2. The zero-order valence-electron chi connectivity index (χ0n) is 18.0. The number of hydrogen-bond acceptors (Lipinski definition) is 3. The summed E-state index contributed by atoms with van der Waals surface area (Å²) < 4.78 is 6.22. The molecule has 0 spiro atoms. The number of primary amides is 1. The standard InChI is InChI=1S/C25H33N3O3/c26-23(29)25-12-15-8-16(13-25)22(17(9-15)14-25)27-24(30)28-18-6-7-19(28)11-21(10-18)31-20-4-2-1-3-5-20/h1-5,15-19,21-22H,6-14H2,(H2,26,29)(H,27,30)/t15?,16?,17?,18-,19+,21+,22-,25-. The Kier molecular flexibility index (Phi) is 4.48. The lowest BCUT2D eigenvalue weighted by molar-refractivity contribution is -0.145. The first kappa shape index (κ1) is 19.4. The molecule has 1 aromatic rings. The van der Waals surface area contributed by atoms with E-state index < -0.39 is 0 Å². The number of hydrogen-bond donors (Lipinski definition) is 2. The Hall–Kier alpha value is -2.24. The molecular weight excluding hydrogens is 390 g/mol. The highest BCUT2D eigenvalue weighted by Gasteiger charge is 2.58. The van der Waals surface area contributed by atoms with Crippen molar-refractivity contribution in [3.63, 3.8) is 0 Å². The van der Waals surface area contributed by atoms with Crippen LogP contribution >= 0.6 is 0 Å². The van der Waals surface area contributed by atoms with Crippen molar-refractivity contribution < 1.29 is 14.3 Å². The van der Waals surface area contributed by atoms with Gasteiger partial charge in [0.1, 0.15) is 11.9 Å². The van der Waals surface area contributed by atoms with Gasteiger partial charge in [-0.1, -0.05) is 18.2 Å². The minimum absolute atomic E-state index is 0.108. The van der Waals surface area contributed by atoms with Crippen LogP contribution in [0.5, 0.6) is 5.75 Å². The highest BCUT2D eigenvalue weighted by Crippen LogP contribution is 2.60. The van der Waals surface area contributed by atoms with Crippen LogP contribution < -0.4 is 15.8 Å². The highest BCUT2D eigenvalue weighted by atomic mass is 16.5. The third-order valence-electron chi connectivity index (χ3n) is 9.06. The van der Waals surface area contributed by atoms with E-state index in [9.17, 15) is 9.59 Å². The Balaban J connectivity index is 1.12. The summed E-state index contributed by atoms with van der Waals surface area (Å²) in [5.41, 5.74) is 5.52. The van der Waals surface area contributed by atoms with Crippen LogP contribution in [-0.4, -0.2) is 41.1 Å². The largest absolute Gasteiger partial charge is 0.490 e. The van der Waals surface area contributed by atoms with Crippen LogP contribution in [0.25, 0.3) is 0 Å². The fourth-order valence-electron chi connectivity index (χ4n) is 8.03. The number of benzene rings is 1. The van der Waals surface area contributed by atoms with Gasteiger partial charge in [-0.05, 0) is 74.8 Å². The Morgan fingerprint density at radius 1 is 0.968 bits per heavy atom. The van der Waals surface area contributed by atoms with Crippen molar-refractivity contribution in [1.82, 2.24) is 10.2 Å². The second-order valence-electron chi connectivity index (χ2n) is 10.9. The first-order chi connectivity index (χ1) is 15.0. The second-order valence-corrected chi connectivity index (χ2v) is 10.9. The average molecular weight is 424 g/mol. The van der Waals surface area contributed by atoms with E-state index in [0.29, 0.717) is 17.8 Å². The van der Waals surface area contributed by atoms with Gasteiger partial charge in [0.05, 0.1) is 0 Å². The number of fused-ring (bicyclic) bond motifs is 2. The molecule has 0 radical (unpaired) electrons. The smallest absolute Gasteiger partial charge is 0.318 e. The van der Waals surface area contributed by atoms with Crippen LogP contribution in [0.1, 0.15) is 57.8 Å². The minimum atomic E-state index is -0.302. The second kappa shape index (κ2) is 7.14. The normalized spacial score (nSPS) is 42.5. The van der Waals surface area contributed by atoms with Gasteiger partial charge in [0, 0.05) is 36.4 Å². The molecule has 166 valence electrons. The number of carbonyl (C=O) groups excluding carboxylic acids is 2. The molecule has 6 aliphatic rings. The molecule has 4 saturated carbocycles.